The van der Waals surface area contributed by atoms with Gasteiger partial charge < -0.3 is 14.8 Å². The summed E-state index contributed by atoms with van der Waals surface area (Å²) in [6.07, 6.45) is 4.14. The zero-order chi connectivity index (χ0) is 37.2. The fourth-order valence-corrected chi connectivity index (χ4v) is 8.98. The number of nitrogens with one attached hydrogen (secondary N) is 1. The van der Waals surface area contributed by atoms with Crippen molar-refractivity contribution in [1.82, 2.24) is 9.88 Å². The highest BCUT2D eigenvalue weighted by Gasteiger charge is 2.44. The van der Waals surface area contributed by atoms with E-state index in [1.807, 2.05) is 66.7 Å². The largest absolute Gasteiger partial charge is 0.333 e. The molecule has 0 radical (unpaired) electrons. The minimum absolute atomic E-state index is 0.0178. The third-order valence-electron chi connectivity index (χ3n) is 11.4. The molecule has 0 saturated carbocycles. The summed E-state index contributed by atoms with van der Waals surface area (Å²) in [4.78, 5) is 12.7. The van der Waals surface area contributed by atoms with Gasteiger partial charge in [-0.3, -0.25) is 0 Å². The van der Waals surface area contributed by atoms with E-state index in [0.717, 1.165) is 39.6 Å². The zero-order valence-corrected chi connectivity index (χ0v) is 30.3. The number of aromatic nitrogens is 1. The van der Waals surface area contributed by atoms with Crippen molar-refractivity contribution in [2.75, 3.05) is 4.90 Å². The zero-order valence-electron chi connectivity index (χ0n) is 30.3. The Morgan fingerprint density at radius 2 is 1.23 bits per heavy atom. The normalized spacial score (nSPS) is 17.1. The van der Waals surface area contributed by atoms with Crippen molar-refractivity contribution >= 4 is 50.8 Å². The fourth-order valence-electron chi connectivity index (χ4n) is 8.98. The van der Waals surface area contributed by atoms with E-state index >= 15 is 0 Å². The first-order valence-electron chi connectivity index (χ1n) is 19.0. The maximum Gasteiger partial charge on any atom is 0.169 e. The summed E-state index contributed by atoms with van der Waals surface area (Å²) in [5.41, 5.74) is 11.3. The Hall–Kier alpha value is -7.49. The van der Waals surface area contributed by atoms with E-state index in [1.165, 1.54) is 44.4 Å². The van der Waals surface area contributed by atoms with Crippen LogP contribution in [0.4, 0.5) is 11.4 Å². The number of aliphatic imine (C=N–C) groups is 2. The van der Waals surface area contributed by atoms with E-state index in [-0.39, 0.29) is 12.0 Å². The molecule has 11 rings (SSSR count). The van der Waals surface area contributed by atoms with Crippen LogP contribution in [0.2, 0.25) is 0 Å². The van der Waals surface area contributed by atoms with E-state index in [0.29, 0.717) is 5.56 Å². The minimum Gasteiger partial charge on any atom is -0.333 e. The molecular formula is C50H34N6. The van der Waals surface area contributed by atoms with E-state index in [4.69, 9.17) is 9.98 Å². The predicted molar refractivity (Wildman–Crippen MR) is 227 cm³/mol. The van der Waals surface area contributed by atoms with Crippen molar-refractivity contribution in [2.24, 2.45) is 9.98 Å². The van der Waals surface area contributed by atoms with Crippen LogP contribution < -0.4 is 10.2 Å². The maximum absolute atomic E-state index is 10.9. The minimum atomic E-state index is -0.540. The molecule has 6 nitrogen and oxygen atoms in total. The second kappa shape index (κ2) is 12.8. The summed E-state index contributed by atoms with van der Waals surface area (Å²) in [5, 5.41) is 18.0. The Kier molecular flexibility index (Phi) is 7.33. The van der Waals surface area contributed by atoms with Crippen LogP contribution in [-0.4, -0.2) is 22.3 Å². The van der Waals surface area contributed by atoms with Crippen LogP contribution >= 0.6 is 0 Å². The van der Waals surface area contributed by atoms with Crippen LogP contribution in [0.25, 0.3) is 33.4 Å². The number of anilines is 2. The standard InChI is InChI=1S/C50H34N6/c51-31-36-30-35(50-53-48(33-15-3-1-4-16-33)52-49(54-50)34-17-5-2-6-18-34)26-28-41(36)56-43-23-11-9-21-38(43)39-27-29-45-46(47(39)56)40-22-10-12-24-44(40)55(45)42-25-13-19-32-14-7-8-20-37(32)42/h1-30,45-46,50H,(H,52,53,54). The summed E-state index contributed by atoms with van der Waals surface area (Å²) in [5.74, 6) is 1.50. The molecular weight excluding hydrogens is 685 g/mol. The first kappa shape index (κ1) is 32.0. The molecule has 3 heterocycles. The number of rotatable bonds is 5. The summed E-state index contributed by atoms with van der Waals surface area (Å²) in [7, 11) is 0. The number of hydrogen-bond donors (Lipinski definition) is 1. The van der Waals surface area contributed by atoms with Crippen LogP contribution in [0, 0.1) is 11.3 Å². The Morgan fingerprint density at radius 3 is 2.00 bits per heavy atom. The summed E-state index contributed by atoms with van der Waals surface area (Å²) in [6.45, 7) is 0. The molecule has 0 amide bonds. The van der Waals surface area contributed by atoms with Crippen molar-refractivity contribution in [3.63, 3.8) is 0 Å². The summed E-state index contributed by atoms with van der Waals surface area (Å²) >= 11 is 0. The first-order valence-corrected chi connectivity index (χ1v) is 19.0. The molecule has 0 saturated heterocycles. The molecule has 2 atom stereocenters. The predicted octanol–water partition coefficient (Wildman–Crippen LogP) is 10.8. The van der Waals surface area contributed by atoms with Crippen LogP contribution in [0.1, 0.15) is 51.2 Å². The molecule has 56 heavy (non-hydrogen) atoms. The van der Waals surface area contributed by atoms with Gasteiger partial charge in [-0.15, -0.1) is 0 Å². The van der Waals surface area contributed by atoms with Crippen LogP contribution in [0.3, 0.4) is 0 Å². The highest BCUT2D eigenvalue weighted by molar-refractivity contribution is 6.16. The Bertz CT molecular complexity index is 2920. The number of fused-ring (bicyclic) bond motifs is 8. The maximum atomic E-state index is 10.9. The molecule has 6 heteroatoms. The molecule has 1 aliphatic carbocycles. The van der Waals surface area contributed by atoms with Crippen molar-refractivity contribution < 1.29 is 0 Å². The van der Waals surface area contributed by atoms with Gasteiger partial charge >= 0.3 is 0 Å². The molecule has 264 valence electrons. The van der Waals surface area contributed by atoms with Gasteiger partial charge in [-0.2, -0.15) is 5.26 Å². The Morgan fingerprint density at radius 1 is 0.589 bits per heavy atom. The lowest BCUT2D eigenvalue weighted by atomic mass is 9.84. The van der Waals surface area contributed by atoms with Crippen molar-refractivity contribution in [3.05, 3.63) is 215 Å². The SMILES string of the molecule is N#Cc1cc(C2N=C(c3ccccc3)NC(c3ccccc3)=N2)ccc1-n1c2c(c3ccccc31)C=CC1C2c2ccccc2N1c1cccc2ccccc12. The van der Waals surface area contributed by atoms with Gasteiger partial charge in [0, 0.05) is 44.5 Å². The van der Waals surface area contributed by atoms with Gasteiger partial charge in [-0.25, -0.2) is 9.98 Å². The van der Waals surface area contributed by atoms with Crippen molar-refractivity contribution in [1.29, 1.82) is 5.26 Å². The molecule has 1 aromatic heterocycles. The van der Waals surface area contributed by atoms with E-state index < -0.39 is 6.17 Å². The Labute approximate surface area is 324 Å². The van der Waals surface area contributed by atoms with Crippen LogP contribution in [-0.2, 0) is 0 Å². The number of amidine groups is 2. The number of para-hydroxylation sites is 2. The van der Waals surface area contributed by atoms with Gasteiger partial charge in [0.15, 0.2) is 6.17 Å². The summed E-state index contributed by atoms with van der Waals surface area (Å²) < 4.78 is 2.34. The summed E-state index contributed by atoms with van der Waals surface area (Å²) in [6, 6.07) is 61.6. The molecule has 0 fully saturated rings. The van der Waals surface area contributed by atoms with E-state index in [9.17, 15) is 5.26 Å². The van der Waals surface area contributed by atoms with Gasteiger partial charge in [0.25, 0.3) is 0 Å². The molecule has 8 aromatic rings. The number of hydrogen-bond acceptors (Lipinski definition) is 5. The number of nitrogens with zero attached hydrogens (tertiary/aromatic N) is 5. The molecule has 7 aromatic carbocycles. The quantitative estimate of drug-likeness (QED) is 0.193. The first-order chi connectivity index (χ1) is 27.7. The monoisotopic (exact) mass is 718 g/mol. The third kappa shape index (κ3) is 4.95. The topological polar surface area (TPSA) is 68.7 Å². The molecule has 3 aliphatic rings. The third-order valence-corrected chi connectivity index (χ3v) is 11.4. The molecule has 2 unspecified atom stereocenters. The second-order valence-corrected chi connectivity index (χ2v) is 14.5. The Balaban J connectivity index is 1.08. The molecule has 1 N–H and O–H groups in total. The van der Waals surface area contributed by atoms with E-state index in [2.05, 4.69) is 136 Å². The lowest BCUT2D eigenvalue weighted by Gasteiger charge is -2.32. The fraction of sp³-hybridized carbons (Fsp3) is 0.0600. The van der Waals surface area contributed by atoms with Gasteiger partial charge in [0.05, 0.1) is 28.7 Å². The highest BCUT2D eigenvalue weighted by Crippen LogP contribution is 2.54. The van der Waals surface area contributed by atoms with E-state index in [1.54, 1.807) is 0 Å². The van der Waals surface area contributed by atoms with Gasteiger partial charge in [0.1, 0.15) is 17.7 Å². The van der Waals surface area contributed by atoms with Crippen molar-refractivity contribution in [3.8, 4) is 11.8 Å². The molecule has 0 spiro atoms. The molecule has 2 aliphatic heterocycles. The van der Waals surface area contributed by atoms with Gasteiger partial charge in [-0.1, -0.05) is 152 Å². The lowest BCUT2D eigenvalue weighted by Crippen LogP contribution is -2.36. The smallest absolute Gasteiger partial charge is 0.169 e. The average molecular weight is 719 g/mol. The van der Waals surface area contributed by atoms with Crippen LogP contribution in [0.15, 0.2) is 186 Å². The highest BCUT2D eigenvalue weighted by atomic mass is 15.2. The number of nitriles is 1. The van der Waals surface area contributed by atoms with Crippen LogP contribution in [0.5, 0.6) is 0 Å². The van der Waals surface area contributed by atoms with Gasteiger partial charge in [0.2, 0.25) is 0 Å². The molecule has 0 bridgehead atoms. The van der Waals surface area contributed by atoms with Gasteiger partial charge in [-0.05, 0) is 46.8 Å². The number of benzene rings is 7. The van der Waals surface area contributed by atoms with Crippen molar-refractivity contribution in [2.45, 2.75) is 18.1 Å². The average Bonchev–Trinajstić information content (AvgIpc) is 3.79. The lowest BCUT2D eigenvalue weighted by molar-refractivity contribution is 0.693. The second-order valence-electron chi connectivity index (χ2n) is 14.5.